The van der Waals surface area contributed by atoms with Crippen LogP contribution < -0.4 is 0 Å². The highest BCUT2D eigenvalue weighted by Gasteiger charge is 2.08. The summed E-state index contributed by atoms with van der Waals surface area (Å²) >= 11 is 0. The second kappa shape index (κ2) is 5.08. The fourth-order valence-electron chi connectivity index (χ4n) is 1.77. The molecular formula is C14H12N6. The van der Waals surface area contributed by atoms with Crippen molar-refractivity contribution in [2.24, 2.45) is 0 Å². The van der Waals surface area contributed by atoms with Gasteiger partial charge in [-0.3, -0.25) is 0 Å². The van der Waals surface area contributed by atoms with Crippen LogP contribution in [0.4, 0.5) is 0 Å². The second-order valence-corrected chi connectivity index (χ2v) is 4.38. The summed E-state index contributed by atoms with van der Waals surface area (Å²) in [5, 5.41) is 16.3. The normalized spacial score (nSPS) is 10.5. The smallest absolute Gasteiger partial charge is 0.221 e. The molecule has 0 aliphatic carbocycles. The van der Waals surface area contributed by atoms with Gasteiger partial charge in [-0.25, -0.2) is 9.97 Å². The van der Waals surface area contributed by atoms with E-state index in [1.54, 1.807) is 0 Å². The van der Waals surface area contributed by atoms with Crippen LogP contribution in [0.1, 0.15) is 11.4 Å². The lowest BCUT2D eigenvalue weighted by Crippen LogP contribution is -2.02. The summed E-state index contributed by atoms with van der Waals surface area (Å²) in [4.78, 5) is 8.68. The Kier molecular flexibility index (Phi) is 3.12. The van der Waals surface area contributed by atoms with Gasteiger partial charge in [-0.1, -0.05) is 12.1 Å². The molecule has 20 heavy (non-hydrogen) atoms. The molecule has 0 fully saturated rings. The molecule has 0 atom stereocenters. The Morgan fingerprint density at radius 1 is 0.600 bits per heavy atom. The van der Waals surface area contributed by atoms with Crippen LogP contribution in [0.2, 0.25) is 0 Å². The number of aromatic nitrogens is 6. The van der Waals surface area contributed by atoms with E-state index < -0.39 is 0 Å². The molecule has 0 N–H and O–H groups in total. The van der Waals surface area contributed by atoms with E-state index in [-0.39, 0.29) is 0 Å². The van der Waals surface area contributed by atoms with E-state index in [9.17, 15) is 0 Å². The van der Waals surface area contributed by atoms with Gasteiger partial charge in [0.2, 0.25) is 11.6 Å². The molecule has 0 saturated carbocycles. The van der Waals surface area contributed by atoms with Crippen molar-refractivity contribution in [3.8, 4) is 23.0 Å². The lowest BCUT2D eigenvalue weighted by Gasteiger charge is -2.01. The zero-order valence-corrected chi connectivity index (χ0v) is 11.1. The van der Waals surface area contributed by atoms with Crippen LogP contribution in [-0.2, 0) is 0 Å². The van der Waals surface area contributed by atoms with Gasteiger partial charge < -0.3 is 0 Å². The average molecular weight is 264 g/mol. The molecule has 6 heteroatoms. The minimum atomic E-state index is 0.408. The molecule has 3 aromatic rings. The summed E-state index contributed by atoms with van der Waals surface area (Å²) in [5.41, 5.74) is 3.12. The quantitative estimate of drug-likeness (QED) is 0.704. The summed E-state index contributed by atoms with van der Waals surface area (Å²) in [6.07, 6.45) is 0. The zero-order valence-electron chi connectivity index (χ0n) is 11.1. The first-order valence-electron chi connectivity index (χ1n) is 6.18. The SMILES string of the molecule is Cc1cccc(-c2nnc(-c3cccc(C)n3)nn2)n1. The van der Waals surface area contributed by atoms with E-state index in [0.717, 1.165) is 11.4 Å². The monoisotopic (exact) mass is 264 g/mol. The van der Waals surface area contributed by atoms with Crippen molar-refractivity contribution < 1.29 is 0 Å². The van der Waals surface area contributed by atoms with Gasteiger partial charge in [-0.15, -0.1) is 20.4 Å². The van der Waals surface area contributed by atoms with Crippen LogP contribution in [0.25, 0.3) is 23.0 Å². The summed E-state index contributed by atoms with van der Waals surface area (Å²) < 4.78 is 0. The summed E-state index contributed by atoms with van der Waals surface area (Å²) in [5.74, 6) is 0.815. The van der Waals surface area contributed by atoms with Crippen molar-refractivity contribution in [3.05, 3.63) is 47.8 Å². The van der Waals surface area contributed by atoms with Gasteiger partial charge in [-0.05, 0) is 38.1 Å². The highest BCUT2D eigenvalue weighted by Crippen LogP contribution is 2.13. The first kappa shape index (κ1) is 12.3. The molecule has 0 unspecified atom stereocenters. The van der Waals surface area contributed by atoms with E-state index in [0.29, 0.717) is 23.0 Å². The van der Waals surface area contributed by atoms with Gasteiger partial charge in [0, 0.05) is 11.4 Å². The fraction of sp³-hybridized carbons (Fsp3) is 0.143. The van der Waals surface area contributed by atoms with Gasteiger partial charge in [0.1, 0.15) is 11.4 Å². The van der Waals surface area contributed by atoms with Crippen LogP contribution in [0.5, 0.6) is 0 Å². The molecular weight excluding hydrogens is 252 g/mol. The van der Waals surface area contributed by atoms with Crippen molar-refractivity contribution in [3.63, 3.8) is 0 Å². The van der Waals surface area contributed by atoms with E-state index in [4.69, 9.17) is 0 Å². The van der Waals surface area contributed by atoms with Crippen LogP contribution in [-0.4, -0.2) is 30.4 Å². The number of nitrogens with zero attached hydrogens (tertiary/aromatic N) is 6. The molecule has 3 heterocycles. The summed E-state index contributed by atoms with van der Waals surface area (Å²) in [6, 6.07) is 11.3. The van der Waals surface area contributed by atoms with E-state index in [1.165, 1.54) is 0 Å². The molecule has 3 aromatic heterocycles. The molecule has 0 bridgehead atoms. The Labute approximate surface area is 116 Å². The number of hydrogen-bond acceptors (Lipinski definition) is 6. The van der Waals surface area contributed by atoms with Crippen molar-refractivity contribution in [1.82, 2.24) is 30.4 Å². The Balaban J connectivity index is 1.96. The Morgan fingerprint density at radius 2 is 1.00 bits per heavy atom. The first-order valence-corrected chi connectivity index (χ1v) is 6.18. The largest absolute Gasteiger partial charge is 0.250 e. The third-order valence-electron chi connectivity index (χ3n) is 2.71. The van der Waals surface area contributed by atoms with E-state index >= 15 is 0 Å². The predicted molar refractivity (Wildman–Crippen MR) is 73.6 cm³/mol. The topological polar surface area (TPSA) is 77.3 Å². The minimum Gasteiger partial charge on any atom is -0.250 e. The Bertz CT molecular complexity index is 674. The van der Waals surface area contributed by atoms with Crippen molar-refractivity contribution in [2.75, 3.05) is 0 Å². The maximum absolute atomic E-state index is 4.34. The maximum atomic E-state index is 4.34. The lowest BCUT2D eigenvalue weighted by molar-refractivity contribution is 0.862. The Hall–Kier alpha value is -2.76. The van der Waals surface area contributed by atoms with E-state index in [1.807, 2.05) is 50.2 Å². The number of rotatable bonds is 2. The van der Waals surface area contributed by atoms with Crippen molar-refractivity contribution in [1.29, 1.82) is 0 Å². The predicted octanol–water partition coefficient (Wildman–Crippen LogP) is 2.01. The Morgan fingerprint density at radius 3 is 1.35 bits per heavy atom. The number of aryl methyl sites for hydroxylation is 2. The van der Waals surface area contributed by atoms with Crippen molar-refractivity contribution >= 4 is 0 Å². The summed E-state index contributed by atoms with van der Waals surface area (Å²) in [6.45, 7) is 3.82. The van der Waals surface area contributed by atoms with Gasteiger partial charge in [0.05, 0.1) is 0 Å². The van der Waals surface area contributed by atoms with Crippen molar-refractivity contribution in [2.45, 2.75) is 13.8 Å². The van der Waals surface area contributed by atoms with Gasteiger partial charge in [0.15, 0.2) is 0 Å². The fourth-order valence-corrected chi connectivity index (χ4v) is 1.77. The molecule has 3 rings (SSSR count). The van der Waals surface area contributed by atoms with Crippen LogP contribution in [0, 0.1) is 13.8 Å². The molecule has 0 spiro atoms. The average Bonchev–Trinajstić information content (AvgIpc) is 2.47. The highest BCUT2D eigenvalue weighted by molar-refractivity contribution is 5.51. The van der Waals surface area contributed by atoms with Gasteiger partial charge in [-0.2, -0.15) is 0 Å². The molecule has 0 amide bonds. The second-order valence-electron chi connectivity index (χ2n) is 4.38. The van der Waals surface area contributed by atoms with Crippen LogP contribution in [0.3, 0.4) is 0 Å². The zero-order chi connectivity index (χ0) is 13.9. The molecule has 0 radical (unpaired) electrons. The molecule has 0 saturated heterocycles. The first-order chi connectivity index (χ1) is 9.72. The molecule has 6 nitrogen and oxygen atoms in total. The standard InChI is InChI=1S/C14H12N6/c1-9-5-3-7-11(15-9)13-17-19-14(20-18-13)12-8-4-6-10(2)16-12/h3-8H,1-2H3. The molecule has 0 aliphatic heterocycles. The molecule has 0 aliphatic rings. The number of hydrogen-bond donors (Lipinski definition) is 0. The molecule has 0 aromatic carbocycles. The third-order valence-corrected chi connectivity index (χ3v) is 2.71. The van der Waals surface area contributed by atoms with Gasteiger partial charge in [0.25, 0.3) is 0 Å². The lowest BCUT2D eigenvalue weighted by atomic mass is 10.3. The van der Waals surface area contributed by atoms with Crippen LogP contribution in [0.15, 0.2) is 36.4 Å². The summed E-state index contributed by atoms with van der Waals surface area (Å²) in [7, 11) is 0. The maximum Gasteiger partial charge on any atom is 0.221 e. The van der Waals surface area contributed by atoms with Gasteiger partial charge >= 0.3 is 0 Å². The van der Waals surface area contributed by atoms with Crippen LogP contribution >= 0.6 is 0 Å². The minimum absolute atomic E-state index is 0.408. The number of pyridine rings is 2. The molecule has 98 valence electrons. The highest BCUT2D eigenvalue weighted by atomic mass is 15.3. The third kappa shape index (κ3) is 2.49. The van der Waals surface area contributed by atoms with E-state index in [2.05, 4.69) is 30.4 Å².